The predicted octanol–water partition coefficient (Wildman–Crippen LogP) is 2.41. The van der Waals surface area contributed by atoms with Gasteiger partial charge in [-0.1, -0.05) is 0 Å². The fourth-order valence-corrected chi connectivity index (χ4v) is 2.99. The molecule has 1 atom stereocenters. The number of aromatic nitrogens is 1. The molecule has 1 aromatic heterocycles. The van der Waals surface area contributed by atoms with Crippen molar-refractivity contribution < 1.29 is 12.8 Å². The molecular weight excluding hydrogens is 301 g/mol. The topological polar surface area (TPSA) is 85.1 Å². The quantitative estimate of drug-likeness (QED) is 0.907. The zero-order valence-corrected chi connectivity index (χ0v) is 12.6. The number of halogens is 1. The van der Waals surface area contributed by atoms with Crippen LogP contribution in [0, 0.1) is 12.7 Å². The number of anilines is 1. The molecule has 0 aliphatic heterocycles. The zero-order chi connectivity index (χ0) is 14.9. The average Bonchev–Trinajstić information content (AvgIpc) is 2.77. The van der Waals surface area contributed by atoms with Gasteiger partial charge in [-0.2, -0.15) is 0 Å². The van der Waals surface area contributed by atoms with Gasteiger partial charge < -0.3 is 5.32 Å². The first-order valence-electron chi connectivity index (χ1n) is 5.78. The van der Waals surface area contributed by atoms with Gasteiger partial charge in [0.05, 0.1) is 16.6 Å². The number of hydrogen-bond donors (Lipinski definition) is 2. The molecule has 0 spiro atoms. The third kappa shape index (κ3) is 3.33. The van der Waals surface area contributed by atoms with Crippen molar-refractivity contribution in [2.75, 3.05) is 5.32 Å². The molecule has 0 saturated heterocycles. The molecule has 2 aromatic rings. The Morgan fingerprint density at radius 1 is 1.45 bits per heavy atom. The van der Waals surface area contributed by atoms with Gasteiger partial charge >= 0.3 is 0 Å². The number of primary sulfonamides is 1. The number of nitrogens with two attached hydrogens (primary N) is 1. The first kappa shape index (κ1) is 14.9. The lowest BCUT2D eigenvalue weighted by Gasteiger charge is -2.14. The Labute approximate surface area is 120 Å². The normalized spacial score (nSPS) is 13.2. The van der Waals surface area contributed by atoms with E-state index in [4.69, 9.17) is 5.14 Å². The van der Waals surface area contributed by atoms with Crippen LogP contribution in [0.3, 0.4) is 0 Å². The molecule has 1 unspecified atom stereocenters. The van der Waals surface area contributed by atoms with Crippen LogP contribution in [-0.2, 0) is 10.0 Å². The highest BCUT2D eigenvalue weighted by atomic mass is 32.2. The van der Waals surface area contributed by atoms with Crippen molar-refractivity contribution in [2.45, 2.75) is 24.8 Å². The summed E-state index contributed by atoms with van der Waals surface area (Å²) in [5.74, 6) is -0.670. The summed E-state index contributed by atoms with van der Waals surface area (Å²) in [4.78, 5) is 4.06. The van der Waals surface area contributed by atoms with E-state index >= 15 is 0 Å². The highest BCUT2D eigenvalue weighted by molar-refractivity contribution is 7.89. The number of nitrogens with zero attached hydrogens (tertiary/aromatic N) is 1. The highest BCUT2D eigenvalue weighted by Crippen LogP contribution is 2.25. The zero-order valence-electron chi connectivity index (χ0n) is 10.9. The van der Waals surface area contributed by atoms with E-state index in [9.17, 15) is 12.8 Å². The first-order chi connectivity index (χ1) is 9.27. The van der Waals surface area contributed by atoms with Crippen LogP contribution < -0.4 is 10.5 Å². The summed E-state index contributed by atoms with van der Waals surface area (Å²) in [5, 5.41) is 10.6. The molecular formula is C12H14FN3O2S2. The summed E-state index contributed by atoms with van der Waals surface area (Å²) in [7, 11) is -3.90. The second-order valence-electron chi connectivity index (χ2n) is 4.38. The van der Waals surface area contributed by atoms with E-state index < -0.39 is 15.8 Å². The lowest BCUT2D eigenvalue weighted by Crippen LogP contribution is -2.13. The largest absolute Gasteiger partial charge is 0.374 e. The van der Waals surface area contributed by atoms with E-state index in [0.717, 1.165) is 16.8 Å². The number of nitrogens with one attached hydrogen (secondary N) is 1. The molecule has 0 aliphatic carbocycles. The smallest absolute Gasteiger partial charge is 0.238 e. The standard InChI is InChI=1S/C12H14FN3O2S2/c1-7-6-19-12(15-7)8(2)16-11-4-3-9(5-10(11)13)20(14,17)18/h3-6,8,16H,1-2H3,(H2,14,17,18). The van der Waals surface area contributed by atoms with Crippen molar-refractivity contribution in [3.8, 4) is 0 Å². The van der Waals surface area contributed by atoms with Crippen LogP contribution in [0.2, 0.25) is 0 Å². The van der Waals surface area contributed by atoms with E-state index in [1.807, 2.05) is 19.2 Å². The van der Waals surface area contributed by atoms with Gasteiger partial charge in [0.1, 0.15) is 10.8 Å². The molecule has 8 heteroatoms. The maximum absolute atomic E-state index is 13.9. The third-order valence-electron chi connectivity index (χ3n) is 2.65. The number of rotatable bonds is 4. The number of sulfonamides is 1. The van der Waals surface area contributed by atoms with Gasteiger partial charge in [0.25, 0.3) is 0 Å². The van der Waals surface area contributed by atoms with Crippen LogP contribution in [0.4, 0.5) is 10.1 Å². The molecule has 0 aliphatic rings. The minimum absolute atomic E-state index is 0.177. The van der Waals surface area contributed by atoms with Crippen LogP contribution in [0.5, 0.6) is 0 Å². The molecule has 0 saturated carbocycles. The summed E-state index contributed by atoms with van der Waals surface area (Å²) < 4.78 is 36.1. The van der Waals surface area contributed by atoms with Gasteiger partial charge in [0.2, 0.25) is 10.0 Å². The van der Waals surface area contributed by atoms with Crippen molar-refractivity contribution >= 4 is 27.0 Å². The highest BCUT2D eigenvalue weighted by Gasteiger charge is 2.14. The molecule has 5 nitrogen and oxygen atoms in total. The molecule has 3 N–H and O–H groups in total. The molecule has 108 valence electrons. The molecule has 0 fully saturated rings. The molecule has 20 heavy (non-hydrogen) atoms. The van der Waals surface area contributed by atoms with E-state index in [1.165, 1.54) is 23.5 Å². The molecule has 0 amide bonds. The van der Waals surface area contributed by atoms with Crippen molar-refractivity contribution in [1.29, 1.82) is 0 Å². The molecule has 0 radical (unpaired) electrons. The number of thiazole rings is 1. The Morgan fingerprint density at radius 3 is 2.65 bits per heavy atom. The van der Waals surface area contributed by atoms with Crippen LogP contribution in [0.15, 0.2) is 28.5 Å². The second-order valence-corrected chi connectivity index (χ2v) is 6.83. The predicted molar refractivity (Wildman–Crippen MR) is 76.7 cm³/mol. The number of aryl methyl sites for hydroxylation is 1. The van der Waals surface area contributed by atoms with Gasteiger partial charge in [0, 0.05) is 11.1 Å². The summed E-state index contributed by atoms with van der Waals surface area (Å²) in [6, 6.07) is 3.34. The minimum Gasteiger partial charge on any atom is -0.374 e. The molecule has 2 rings (SSSR count). The summed E-state index contributed by atoms with van der Waals surface area (Å²) >= 11 is 1.48. The maximum atomic E-state index is 13.9. The summed E-state index contributed by atoms with van der Waals surface area (Å²) in [6.45, 7) is 3.74. The molecule has 0 bridgehead atoms. The maximum Gasteiger partial charge on any atom is 0.238 e. The fraction of sp³-hybridized carbons (Fsp3) is 0.250. The average molecular weight is 315 g/mol. The third-order valence-corrected chi connectivity index (χ3v) is 4.70. The van der Waals surface area contributed by atoms with Crippen LogP contribution >= 0.6 is 11.3 Å². The van der Waals surface area contributed by atoms with Gasteiger partial charge in [-0.05, 0) is 32.0 Å². The van der Waals surface area contributed by atoms with Gasteiger partial charge in [-0.15, -0.1) is 11.3 Å². The Balaban J connectivity index is 2.22. The lowest BCUT2D eigenvalue weighted by molar-refractivity contribution is 0.592. The van der Waals surface area contributed by atoms with Crippen molar-refractivity contribution in [3.63, 3.8) is 0 Å². The van der Waals surface area contributed by atoms with E-state index in [1.54, 1.807) is 0 Å². The monoisotopic (exact) mass is 315 g/mol. The van der Waals surface area contributed by atoms with E-state index in [2.05, 4.69) is 10.3 Å². The Morgan fingerprint density at radius 2 is 2.15 bits per heavy atom. The van der Waals surface area contributed by atoms with Crippen LogP contribution in [0.1, 0.15) is 23.7 Å². The Hall–Kier alpha value is -1.51. The number of hydrogen-bond acceptors (Lipinski definition) is 5. The van der Waals surface area contributed by atoms with E-state index in [0.29, 0.717) is 0 Å². The Kier molecular flexibility index (Phi) is 4.07. The minimum atomic E-state index is -3.90. The fourth-order valence-electron chi connectivity index (χ4n) is 1.66. The van der Waals surface area contributed by atoms with Crippen molar-refractivity contribution in [2.24, 2.45) is 5.14 Å². The van der Waals surface area contributed by atoms with Gasteiger partial charge in [-0.25, -0.2) is 22.9 Å². The lowest BCUT2D eigenvalue weighted by atomic mass is 10.2. The van der Waals surface area contributed by atoms with Gasteiger partial charge in [-0.3, -0.25) is 0 Å². The van der Waals surface area contributed by atoms with Gasteiger partial charge in [0.15, 0.2) is 0 Å². The van der Waals surface area contributed by atoms with Crippen molar-refractivity contribution in [1.82, 2.24) is 4.98 Å². The molecule has 1 heterocycles. The SMILES string of the molecule is Cc1csc(C(C)Nc2ccc(S(N)(=O)=O)cc2F)n1. The molecule has 1 aromatic carbocycles. The number of benzene rings is 1. The van der Waals surface area contributed by atoms with Crippen LogP contribution in [0.25, 0.3) is 0 Å². The summed E-state index contributed by atoms with van der Waals surface area (Å²) in [6.07, 6.45) is 0. The van der Waals surface area contributed by atoms with Crippen LogP contribution in [-0.4, -0.2) is 13.4 Å². The summed E-state index contributed by atoms with van der Waals surface area (Å²) in [5.41, 5.74) is 1.11. The Bertz CT molecular complexity index is 728. The second kappa shape index (κ2) is 5.47. The van der Waals surface area contributed by atoms with Crippen molar-refractivity contribution in [3.05, 3.63) is 40.1 Å². The first-order valence-corrected chi connectivity index (χ1v) is 8.21. The van der Waals surface area contributed by atoms with E-state index in [-0.39, 0.29) is 16.6 Å².